The van der Waals surface area contributed by atoms with E-state index in [0.29, 0.717) is 18.7 Å². The van der Waals surface area contributed by atoms with E-state index in [1.54, 1.807) is 11.0 Å². The van der Waals surface area contributed by atoms with Crippen LogP contribution in [0.5, 0.6) is 0 Å². The van der Waals surface area contributed by atoms with E-state index in [-0.39, 0.29) is 23.6 Å². The Morgan fingerprint density at radius 2 is 2.38 bits per heavy atom. The van der Waals surface area contributed by atoms with Crippen molar-refractivity contribution in [3.8, 4) is 0 Å². The van der Waals surface area contributed by atoms with Crippen molar-refractivity contribution in [2.24, 2.45) is 17.3 Å². The van der Waals surface area contributed by atoms with Gasteiger partial charge in [-0.15, -0.1) is 0 Å². The monoisotopic (exact) mass is 331 g/mol. The second-order valence-corrected chi connectivity index (χ2v) is 7.25. The molecule has 5 nitrogen and oxygen atoms in total. The molecule has 24 heavy (non-hydrogen) atoms. The number of carbonyl (C=O) groups is 1. The molecule has 0 aromatic heterocycles. The molecule has 2 saturated heterocycles. The Morgan fingerprint density at radius 3 is 3.17 bits per heavy atom. The summed E-state index contributed by atoms with van der Waals surface area (Å²) in [5, 5.41) is 10.4. The predicted molar refractivity (Wildman–Crippen MR) is 86.9 cm³/mol. The summed E-state index contributed by atoms with van der Waals surface area (Å²) in [6.45, 7) is -0.425. The molecule has 1 unspecified atom stereocenters. The molecule has 5 aliphatic rings. The van der Waals surface area contributed by atoms with Gasteiger partial charge in [0.1, 0.15) is 11.9 Å². The minimum absolute atomic E-state index is 0.0889. The van der Waals surface area contributed by atoms with E-state index in [1.807, 2.05) is 24.3 Å². The first-order valence-corrected chi connectivity index (χ1v) is 8.35. The van der Waals surface area contributed by atoms with Crippen LogP contribution in [-0.4, -0.2) is 47.7 Å². The highest BCUT2D eigenvalue weighted by atomic mass is 16.6. The van der Waals surface area contributed by atoms with Crippen molar-refractivity contribution in [1.29, 1.82) is 0 Å². The summed E-state index contributed by atoms with van der Waals surface area (Å²) in [7, 11) is 0. The zero-order chi connectivity index (χ0) is 19.1. The first-order chi connectivity index (χ1) is 12.7. The van der Waals surface area contributed by atoms with Crippen LogP contribution in [0.2, 0.25) is 0 Å². The number of likely N-dealkylation sites (N-methyl/N-ethyl adjacent to an activating group) is 1. The molecule has 2 aliphatic heterocycles. The standard InChI is InChI=1S/C19H21NO4/c1-10(21)23-15-6-4-12-13-9-11-3-5-14(22)17-16(11)19(12,18(15)24-17)7-8-20(13)2/h3-6,9,12-13,15-16,18,22H,7-8H2,1-2H3/t12-,13+,15-,16?,18-,19-/m0/s1/i2+1D3. The fraction of sp³-hybridized carbons (Fsp3) is 0.526. The molecule has 2 bridgehead atoms. The summed E-state index contributed by atoms with van der Waals surface area (Å²) < 4.78 is 35.6. The van der Waals surface area contributed by atoms with Crippen molar-refractivity contribution in [2.75, 3.05) is 13.5 Å². The Balaban J connectivity index is 1.69. The highest BCUT2D eigenvalue weighted by molar-refractivity contribution is 5.66. The first-order valence-electron chi connectivity index (χ1n) is 9.85. The molecule has 0 aromatic carbocycles. The van der Waals surface area contributed by atoms with E-state index >= 15 is 0 Å². The third-order valence-corrected chi connectivity index (χ3v) is 6.21. The van der Waals surface area contributed by atoms with Crippen molar-refractivity contribution in [3.63, 3.8) is 0 Å². The van der Waals surface area contributed by atoms with Crippen LogP contribution in [0.15, 0.2) is 47.5 Å². The van der Waals surface area contributed by atoms with Gasteiger partial charge >= 0.3 is 5.97 Å². The number of nitrogens with zero attached hydrogens (tertiary/aromatic N) is 1. The normalized spacial score (nSPS) is 47.1. The summed E-state index contributed by atoms with van der Waals surface area (Å²) in [4.78, 5) is 13.2. The fourth-order valence-corrected chi connectivity index (χ4v) is 5.39. The molecule has 126 valence electrons. The van der Waals surface area contributed by atoms with Gasteiger partial charge in [0.05, 0.1) is 5.92 Å². The summed E-state index contributed by atoms with van der Waals surface area (Å²) in [6.07, 6.45) is 8.84. The Bertz CT molecular complexity index is 842. The molecule has 0 saturated carbocycles. The lowest BCUT2D eigenvalue weighted by Gasteiger charge is -2.57. The lowest BCUT2D eigenvalue weighted by atomic mass is 9.51. The van der Waals surface area contributed by atoms with Crippen molar-refractivity contribution in [1.82, 2.24) is 4.90 Å². The highest BCUT2D eigenvalue weighted by Gasteiger charge is 2.68. The molecule has 1 N–H and O–H groups in total. The molecule has 5 rings (SSSR count). The molecule has 0 radical (unpaired) electrons. The largest absolute Gasteiger partial charge is 0.504 e. The van der Waals surface area contributed by atoms with Crippen molar-refractivity contribution in [3.05, 3.63) is 47.5 Å². The molecule has 0 amide bonds. The van der Waals surface area contributed by atoms with Gasteiger partial charge in [0, 0.05) is 28.4 Å². The number of aliphatic hydroxyl groups is 1. The number of hydrogen-bond acceptors (Lipinski definition) is 5. The second-order valence-electron chi connectivity index (χ2n) is 7.25. The van der Waals surface area contributed by atoms with Gasteiger partial charge in [-0.05, 0) is 37.7 Å². The van der Waals surface area contributed by atoms with Crippen LogP contribution < -0.4 is 0 Å². The van der Waals surface area contributed by atoms with Gasteiger partial charge in [-0.2, -0.15) is 0 Å². The Labute approximate surface area is 145 Å². The molecular formula is C19H21NO4. The number of carbonyl (C=O) groups excluding carboxylic acids is 1. The van der Waals surface area contributed by atoms with E-state index in [1.165, 1.54) is 6.92 Å². The predicted octanol–water partition coefficient (Wildman–Crippen LogP) is 2.09. The molecule has 5 heteroatoms. The SMILES string of the molecule is [2H][13C]([2H])([2H])N1CC[C@@]23C4C5=C[C@@H]1[C@@H]2C=C[C@H](OC(C)=O)[C@@H]3OC4=C(O)C=C5. The van der Waals surface area contributed by atoms with Gasteiger partial charge < -0.3 is 14.6 Å². The summed E-state index contributed by atoms with van der Waals surface area (Å²) in [5.41, 5.74) is 0.539. The minimum Gasteiger partial charge on any atom is -0.504 e. The van der Waals surface area contributed by atoms with E-state index in [0.717, 1.165) is 5.57 Å². The number of likely N-dealkylation sites (tertiary alicyclic amines) is 1. The average molecular weight is 331 g/mol. The van der Waals surface area contributed by atoms with E-state index in [4.69, 9.17) is 13.6 Å². The van der Waals surface area contributed by atoms with Gasteiger partial charge in [-0.3, -0.25) is 9.69 Å². The van der Waals surface area contributed by atoms with Crippen LogP contribution in [0, 0.1) is 17.3 Å². The van der Waals surface area contributed by atoms with E-state index < -0.39 is 30.6 Å². The van der Waals surface area contributed by atoms with Crippen molar-refractivity contribution >= 4 is 5.97 Å². The number of aliphatic hydroxyl groups excluding tert-OH is 1. The van der Waals surface area contributed by atoms with Crippen LogP contribution in [0.25, 0.3) is 0 Å². The zero-order valence-corrected chi connectivity index (χ0v) is 13.3. The lowest BCUT2D eigenvalue weighted by molar-refractivity contribution is -0.157. The molecule has 2 fully saturated rings. The molecular weight excluding hydrogens is 307 g/mol. The number of allylic oxidation sites excluding steroid dienone is 3. The maximum atomic E-state index is 11.6. The molecule has 0 aromatic rings. The summed E-state index contributed by atoms with van der Waals surface area (Å²) in [6, 6.07) is -0.289. The number of rotatable bonds is 1. The summed E-state index contributed by atoms with van der Waals surface area (Å²) in [5.74, 6) is -0.0137. The zero-order valence-electron chi connectivity index (χ0n) is 16.3. The van der Waals surface area contributed by atoms with Crippen LogP contribution in [0.3, 0.4) is 0 Å². The summed E-state index contributed by atoms with van der Waals surface area (Å²) >= 11 is 0. The topological polar surface area (TPSA) is 59.0 Å². The van der Waals surface area contributed by atoms with Crippen LogP contribution in [-0.2, 0) is 14.3 Å². The van der Waals surface area contributed by atoms with Gasteiger partial charge in [0.25, 0.3) is 0 Å². The Morgan fingerprint density at radius 1 is 1.50 bits per heavy atom. The van der Waals surface area contributed by atoms with Crippen molar-refractivity contribution < 1.29 is 23.5 Å². The Hall–Kier alpha value is -2.01. The smallest absolute Gasteiger partial charge is 0.303 e. The van der Waals surface area contributed by atoms with Crippen LogP contribution in [0.4, 0.5) is 0 Å². The molecule has 6 atom stereocenters. The fourth-order valence-electron chi connectivity index (χ4n) is 5.39. The van der Waals surface area contributed by atoms with Gasteiger partial charge in [0.15, 0.2) is 11.9 Å². The molecule has 2 heterocycles. The average Bonchev–Trinajstić information content (AvgIpc) is 2.91. The Kier molecular flexibility index (Phi) is 2.18. The number of esters is 1. The third-order valence-electron chi connectivity index (χ3n) is 6.21. The van der Waals surface area contributed by atoms with E-state index in [2.05, 4.69) is 0 Å². The van der Waals surface area contributed by atoms with Gasteiger partial charge in [-0.1, -0.05) is 18.2 Å². The van der Waals surface area contributed by atoms with Gasteiger partial charge in [0.2, 0.25) is 0 Å². The first kappa shape index (κ1) is 11.5. The maximum absolute atomic E-state index is 11.6. The maximum Gasteiger partial charge on any atom is 0.303 e. The minimum atomic E-state index is -2.19. The number of hydrogen-bond donors (Lipinski definition) is 1. The number of piperidine rings is 1. The van der Waals surface area contributed by atoms with E-state index in [9.17, 15) is 9.90 Å². The number of ether oxygens (including phenoxy) is 2. The van der Waals surface area contributed by atoms with Crippen molar-refractivity contribution in [2.45, 2.75) is 31.6 Å². The lowest BCUT2D eigenvalue weighted by Crippen LogP contribution is -2.63. The third kappa shape index (κ3) is 1.56. The van der Waals surface area contributed by atoms with Crippen LogP contribution in [0.1, 0.15) is 17.5 Å². The quantitative estimate of drug-likeness (QED) is 0.453. The van der Waals surface area contributed by atoms with Gasteiger partial charge in [-0.25, -0.2) is 0 Å². The second kappa shape index (κ2) is 4.54. The van der Waals surface area contributed by atoms with Crippen LogP contribution >= 0.6 is 0 Å². The molecule has 3 aliphatic carbocycles. The highest BCUT2D eigenvalue weighted by Crippen LogP contribution is 2.65. The molecule has 1 spiro atoms.